The number of hydrogen-bond donors (Lipinski definition) is 0. The Morgan fingerprint density at radius 1 is 0.243 bits per heavy atom. The van der Waals surface area contributed by atoms with Crippen LogP contribution in [0.15, 0.2) is 425 Å². The van der Waals surface area contributed by atoms with Crippen LogP contribution in [0.5, 0.6) is 0 Å². The maximum absolute atomic E-state index is 2.44. The summed E-state index contributed by atoms with van der Waals surface area (Å²) < 4.78 is 4.89. The van der Waals surface area contributed by atoms with Gasteiger partial charge in [0.25, 0.3) is 0 Å². The van der Waals surface area contributed by atoms with Crippen LogP contribution in [0.25, 0.3) is 150 Å². The first-order chi connectivity index (χ1) is 56.7. The lowest BCUT2D eigenvalue weighted by Gasteiger charge is -2.29. The average molecular weight is 1470 g/mol. The maximum Gasteiger partial charge on any atom is 0.0541 e. The topological polar surface area (TPSA) is 16.3 Å². The lowest BCUT2D eigenvalue weighted by Crippen LogP contribution is -2.17. The number of hydrogen-bond acceptors (Lipinski definition) is 2. The summed E-state index contributed by atoms with van der Waals surface area (Å²) in [6.07, 6.45) is 6.45. The first-order valence-electron chi connectivity index (χ1n) is 39.9. The summed E-state index contributed by atoms with van der Waals surface area (Å²) in [6, 6.07) is 150. The molecule has 0 radical (unpaired) electrons. The number of fused-ring (bicyclic) bond motifs is 9. The van der Waals surface area contributed by atoms with E-state index in [0.29, 0.717) is 0 Å². The first-order valence-corrected chi connectivity index (χ1v) is 39.9. The van der Waals surface area contributed by atoms with Crippen LogP contribution < -0.4 is 9.80 Å². The molecule has 0 saturated carbocycles. The van der Waals surface area contributed by atoms with E-state index >= 15 is 0 Å². The van der Waals surface area contributed by atoms with Gasteiger partial charge in [-0.2, -0.15) is 0 Å². The fourth-order valence-electron chi connectivity index (χ4n) is 17.7. The van der Waals surface area contributed by atoms with Gasteiger partial charge in [-0.25, -0.2) is 0 Å². The average Bonchev–Trinajstić information content (AvgIpc) is 1.59. The van der Waals surface area contributed by atoms with E-state index in [9.17, 15) is 0 Å². The molecule has 0 aliphatic heterocycles. The predicted molar refractivity (Wildman–Crippen MR) is 489 cm³/mol. The summed E-state index contributed by atoms with van der Waals surface area (Å²) in [5.41, 5.74) is 37.2. The highest BCUT2D eigenvalue weighted by atomic mass is 15.2. The van der Waals surface area contributed by atoms with Gasteiger partial charge >= 0.3 is 0 Å². The van der Waals surface area contributed by atoms with Crippen LogP contribution >= 0.6 is 0 Å². The molecule has 20 rings (SSSR count). The van der Waals surface area contributed by atoms with Crippen LogP contribution in [-0.2, 0) is 5.41 Å². The Morgan fingerprint density at radius 3 is 0.791 bits per heavy atom. The normalized spacial score (nSPS) is 12.4. The number of benzene rings is 17. The monoisotopic (exact) mass is 1470 g/mol. The van der Waals surface area contributed by atoms with Crippen LogP contribution in [0, 0.1) is 0 Å². The second-order valence-corrected chi connectivity index (χ2v) is 30.7. The van der Waals surface area contributed by atoms with Crippen molar-refractivity contribution in [2.24, 2.45) is 0 Å². The molecular weight excluding hydrogens is 1390 g/mol. The minimum absolute atomic E-state index is 0.351. The summed E-state index contributed by atoms with van der Waals surface area (Å²) in [5, 5.41) is 4.83. The Hall–Kier alpha value is -14.6. The van der Waals surface area contributed by atoms with E-state index in [0.717, 1.165) is 67.6 Å². The minimum Gasteiger partial charge on any atom is -0.310 e. The molecule has 4 nitrogen and oxygen atoms in total. The van der Waals surface area contributed by atoms with Crippen molar-refractivity contribution in [2.75, 3.05) is 9.80 Å². The van der Waals surface area contributed by atoms with Gasteiger partial charge in [-0.1, -0.05) is 293 Å². The van der Waals surface area contributed by atoms with Crippen LogP contribution in [0.4, 0.5) is 34.1 Å². The van der Waals surface area contributed by atoms with Crippen molar-refractivity contribution in [3.8, 4) is 100 Å². The summed E-state index contributed by atoms with van der Waals surface area (Å²) >= 11 is 0. The van der Waals surface area contributed by atoms with E-state index in [1.54, 1.807) is 0 Å². The molecule has 0 saturated heterocycles. The van der Waals surface area contributed by atoms with E-state index in [-0.39, 0.29) is 5.41 Å². The molecule has 0 bridgehead atoms. The summed E-state index contributed by atoms with van der Waals surface area (Å²) in [7, 11) is 0. The molecule has 2 heterocycles. The lowest BCUT2D eigenvalue weighted by atomic mass is 9.82. The molecule has 0 spiro atoms. The molecule has 546 valence electrons. The summed E-state index contributed by atoms with van der Waals surface area (Å²) in [4.78, 5) is 4.83. The van der Waals surface area contributed by atoms with E-state index in [1.807, 2.05) is 0 Å². The fourth-order valence-corrected chi connectivity index (χ4v) is 17.7. The van der Waals surface area contributed by atoms with Crippen LogP contribution in [-0.4, -0.2) is 9.13 Å². The quantitative estimate of drug-likeness (QED) is 0.0845. The highest BCUT2D eigenvalue weighted by Gasteiger charge is 2.37. The molecule has 2 aromatic heterocycles. The molecule has 115 heavy (non-hydrogen) atoms. The molecular formula is C111H82N4. The highest BCUT2D eigenvalue weighted by Crippen LogP contribution is 2.53. The van der Waals surface area contributed by atoms with Gasteiger partial charge in [0.15, 0.2) is 0 Å². The van der Waals surface area contributed by atoms with Gasteiger partial charge < -0.3 is 18.9 Å². The Bertz CT molecular complexity index is 6760. The van der Waals surface area contributed by atoms with Crippen LogP contribution in [0.2, 0.25) is 0 Å². The molecule has 1 aliphatic rings. The Balaban J connectivity index is 0.629. The highest BCUT2D eigenvalue weighted by molar-refractivity contribution is 6.13. The Kier molecular flexibility index (Phi) is 17.7. The fraction of sp³-hybridized carbons (Fsp3) is 0.0450. The minimum atomic E-state index is -0.351. The largest absolute Gasteiger partial charge is 0.310 e. The number of nitrogens with zero attached hydrogens (tertiary/aromatic N) is 4. The van der Waals surface area contributed by atoms with Crippen molar-refractivity contribution in [3.05, 3.63) is 441 Å². The van der Waals surface area contributed by atoms with Crippen molar-refractivity contribution in [2.45, 2.75) is 33.1 Å². The molecule has 0 fully saturated rings. The van der Waals surface area contributed by atoms with Gasteiger partial charge in [0.1, 0.15) is 0 Å². The number of rotatable bonds is 17. The second kappa shape index (κ2) is 29.3. The third-order valence-corrected chi connectivity index (χ3v) is 23.6. The number of para-hydroxylation sites is 2. The van der Waals surface area contributed by atoms with Gasteiger partial charge in [-0.3, -0.25) is 0 Å². The third kappa shape index (κ3) is 12.7. The first kappa shape index (κ1) is 69.6. The van der Waals surface area contributed by atoms with Gasteiger partial charge in [-0.15, -0.1) is 0 Å². The molecule has 17 aromatic carbocycles. The number of anilines is 6. The summed E-state index contributed by atoms with van der Waals surface area (Å²) in [6.45, 7) is 8.97. The van der Waals surface area contributed by atoms with E-state index in [4.69, 9.17) is 0 Å². The Labute approximate surface area is 672 Å². The summed E-state index contributed by atoms with van der Waals surface area (Å²) in [5.74, 6) is 0. The molecule has 0 unspecified atom stereocenters. The van der Waals surface area contributed by atoms with Crippen molar-refractivity contribution in [1.82, 2.24) is 9.13 Å². The standard InChI is InChI=1S/C111H82N4/c1-5-22-75(6-2)79-33-41-83(42-34-79)87-49-65-107-101(69-87)102-70-88(84-43-35-80(36-44-84)76-23-12-7-13-24-76)50-66-108(102)114(107)95-57-53-93(54-58-95)112(91-29-18-10-19-30-91)97-61-63-99-100-64-62-98(74-106(100)111(3,4)105(99)73-97)113(92-31-20-11-21-32-92)94-55-59-96(60-56-94)115-109-67-51-89(85-45-37-81(38-46-85)77-25-14-8-15-26-77)71-103(109)104-72-90(52-68-110(104)115)86-47-39-82(40-48-86)78-27-16-9-17-28-78/h5-74H,1-4H3/b22-5-,75-6+. The number of allylic oxidation sites excluding steroid dienone is 4. The van der Waals surface area contributed by atoms with Crippen LogP contribution in [0.1, 0.15) is 44.4 Å². The molecule has 0 atom stereocenters. The van der Waals surface area contributed by atoms with Crippen molar-refractivity contribution >= 4 is 83.3 Å². The van der Waals surface area contributed by atoms with Gasteiger partial charge in [0.05, 0.1) is 22.1 Å². The molecule has 0 amide bonds. The second-order valence-electron chi connectivity index (χ2n) is 30.7. The maximum atomic E-state index is 2.44. The number of aromatic nitrogens is 2. The lowest BCUT2D eigenvalue weighted by molar-refractivity contribution is 0.660. The van der Waals surface area contributed by atoms with Crippen molar-refractivity contribution in [1.29, 1.82) is 0 Å². The smallest absolute Gasteiger partial charge is 0.0541 e. The van der Waals surface area contributed by atoms with Crippen molar-refractivity contribution in [3.63, 3.8) is 0 Å². The van der Waals surface area contributed by atoms with Gasteiger partial charge in [0.2, 0.25) is 0 Å². The SMILES string of the molecule is C/C=C\C(=C/C)c1ccc(-c2ccc3c(c2)c2cc(-c4ccc(-c5ccccc5)cc4)ccc2n3-c2ccc(N(c3ccccc3)c3ccc4c(c3)C(C)(C)c3cc(N(c5ccccc5)c5ccc(-n6c7ccc(-c8ccc(-c9ccccc9)cc8)cc7c7cc(-c8ccc(-c9ccccc9)cc8)ccc76)cc5)ccc3-4)cc2)cc1. The molecule has 4 heteroatoms. The zero-order valence-electron chi connectivity index (χ0n) is 64.7. The Morgan fingerprint density at radius 2 is 0.496 bits per heavy atom. The van der Waals surface area contributed by atoms with E-state index in [1.165, 1.54) is 133 Å². The molecule has 19 aromatic rings. The molecule has 1 aliphatic carbocycles. The third-order valence-electron chi connectivity index (χ3n) is 23.6. The van der Waals surface area contributed by atoms with Gasteiger partial charge in [0, 0.05) is 72.5 Å². The van der Waals surface area contributed by atoms with Crippen molar-refractivity contribution < 1.29 is 0 Å². The van der Waals surface area contributed by atoms with E-state index in [2.05, 4.69) is 471 Å². The molecule has 0 N–H and O–H groups in total. The zero-order valence-corrected chi connectivity index (χ0v) is 64.7. The van der Waals surface area contributed by atoms with E-state index < -0.39 is 0 Å². The zero-order chi connectivity index (χ0) is 77.1. The van der Waals surface area contributed by atoms with Crippen LogP contribution in [0.3, 0.4) is 0 Å². The predicted octanol–water partition coefficient (Wildman–Crippen LogP) is 30.8. The van der Waals surface area contributed by atoms with Gasteiger partial charge in [-0.05, 0) is 271 Å².